The van der Waals surface area contributed by atoms with Crippen LogP contribution >= 0.6 is 0 Å². The molecular weight excluding hydrogens is 350 g/mol. The van der Waals surface area contributed by atoms with Crippen molar-refractivity contribution < 1.29 is 9.59 Å². The van der Waals surface area contributed by atoms with Crippen LogP contribution in [-0.4, -0.2) is 46.7 Å². The number of hydrogen-bond donors (Lipinski definition) is 1. The highest BCUT2D eigenvalue weighted by atomic mass is 16.2. The molecule has 5 nitrogen and oxygen atoms in total. The molecule has 0 aliphatic carbocycles. The summed E-state index contributed by atoms with van der Waals surface area (Å²) >= 11 is 0. The van der Waals surface area contributed by atoms with E-state index in [9.17, 15) is 9.59 Å². The zero-order chi connectivity index (χ0) is 19.5. The van der Waals surface area contributed by atoms with E-state index in [2.05, 4.69) is 4.98 Å². The summed E-state index contributed by atoms with van der Waals surface area (Å²) in [6, 6.07) is 19.8. The number of benzene rings is 2. The van der Waals surface area contributed by atoms with Gasteiger partial charge in [0.05, 0.1) is 0 Å². The molecule has 5 heteroatoms. The standard InChI is InChI=1S/C23H25N3O2/c1-25(16-17-7-3-2-4-8-17)22(27)18-11-13-26(14-12-18)23(28)21-15-19-9-5-6-10-20(19)24-21/h2-10,15,18,24H,11-14,16H2,1H3. The molecule has 1 fully saturated rings. The lowest BCUT2D eigenvalue weighted by atomic mass is 9.95. The molecule has 0 radical (unpaired) electrons. The van der Waals surface area contributed by atoms with Gasteiger partial charge in [-0.15, -0.1) is 0 Å². The zero-order valence-corrected chi connectivity index (χ0v) is 16.1. The molecule has 0 spiro atoms. The van der Waals surface area contributed by atoms with Gasteiger partial charge in [0.25, 0.3) is 5.91 Å². The van der Waals surface area contributed by atoms with Gasteiger partial charge in [0.1, 0.15) is 5.69 Å². The minimum Gasteiger partial charge on any atom is -0.351 e. The Morgan fingerprint density at radius 3 is 2.43 bits per heavy atom. The van der Waals surface area contributed by atoms with Gasteiger partial charge in [0, 0.05) is 43.5 Å². The number of piperidine rings is 1. The summed E-state index contributed by atoms with van der Waals surface area (Å²) in [5.74, 6) is 0.168. The van der Waals surface area contributed by atoms with Crippen molar-refractivity contribution in [3.8, 4) is 0 Å². The molecule has 2 amide bonds. The molecule has 1 aromatic heterocycles. The van der Waals surface area contributed by atoms with Gasteiger partial charge < -0.3 is 14.8 Å². The second kappa shape index (κ2) is 7.89. The summed E-state index contributed by atoms with van der Waals surface area (Å²) < 4.78 is 0. The molecular formula is C23H25N3O2. The average molecular weight is 375 g/mol. The highest BCUT2D eigenvalue weighted by Crippen LogP contribution is 2.23. The lowest BCUT2D eigenvalue weighted by Crippen LogP contribution is -2.43. The summed E-state index contributed by atoms with van der Waals surface area (Å²) in [4.78, 5) is 32.5. The van der Waals surface area contributed by atoms with Crippen LogP contribution in [0.1, 0.15) is 28.9 Å². The van der Waals surface area contributed by atoms with E-state index in [0.29, 0.717) is 38.2 Å². The van der Waals surface area contributed by atoms with Gasteiger partial charge in [-0.3, -0.25) is 9.59 Å². The van der Waals surface area contributed by atoms with Crippen molar-refractivity contribution in [3.05, 3.63) is 71.9 Å². The molecule has 0 bridgehead atoms. The maximum absolute atomic E-state index is 12.8. The average Bonchev–Trinajstić information content (AvgIpc) is 3.18. The van der Waals surface area contributed by atoms with Crippen LogP contribution in [-0.2, 0) is 11.3 Å². The Labute approximate surface area is 165 Å². The topological polar surface area (TPSA) is 56.4 Å². The Hall–Kier alpha value is -3.08. The number of likely N-dealkylation sites (tertiary alicyclic amines) is 1. The number of amides is 2. The molecule has 2 aromatic carbocycles. The molecule has 0 saturated carbocycles. The quantitative estimate of drug-likeness (QED) is 0.756. The van der Waals surface area contributed by atoms with Crippen molar-refractivity contribution >= 4 is 22.7 Å². The Kier molecular flexibility index (Phi) is 5.15. The Balaban J connectivity index is 1.34. The number of H-pyrrole nitrogens is 1. The van der Waals surface area contributed by atoms with Gasteiger partial charge in [0.2, 0.25) is 5.91 Å². The molecule has 4 rings (SSSR count). The van der Waals surface area contributed by atoms with Crippen molar-refractivity contribution in [2.24, 2.45) is 5.92 Å². The molecule has 3 aromatic rings. The number of carbonyl (C=O) groups is 2. The predicted molar refractivity (Wildman–Crippen MR) is 110 cm³/mol. The first-order chi connectivity index (χ1) is 13.6. The van der Waals surface area contributed by atoms with Gasteiger partial charge in [-0.25, -0.2) is 0 Å². The smallest absolute Gasteiger partial charge is 0.270 e. The first-order valence-corrected chi connectivity index (χ1v) is 9.78. The van der Waals surface area contributed by atoms with Gasteiger partial charge in [-0.1, -0.05) is 48.5 Å². The number of aromatic amines is 1. The Morgan fingerprint density at radius 2 is 1.71 bits per heavy atom. The van der Waals surface area contributed by atoms with E-state index in [1.54, 1.807) is 4.90 Å². The summed E-state index contributed by atoms with van der Waals surface area (Å²) in [6.07, 6.45) is 1.42. The number of fused-ring (bicyclic) bond motifs is 1. The number of aromatic nitrogens is 1. The second-order valence-corrected chi connectivity index (χ2v) is 7.52. The third kappa shape index (κ3) is 3.79. The molecule has 1 N–H and O–H groups in total. The lowest BCUT2D eigenvalue weighted by molar-refractivity contribution is -0.136. The van der Waals surface area contributed by atoms with Crippen LogP contribution in [0.4, 0.5) is 0 Å². The number of nitrogens with one attached hydrogen (secondary N) is 1. The zero-order valence-electron chi connectivity index (χ0n) is 16.1. The lowest BCUT2D eigenvalue weighted by Gasteiger charge is -2.33. The molecule has 1 aliphatic rings. The molecule has 28 heavy (non-hydrogen) atoms. The number of hydrogen-bond acceptors (Lipinski definition) is 2. The van der Waals surface area contributed by atoms with Crippen molar-refractivity contribution in [2.45, 2.75) is 19.4 Å². The molecule has 0 atom stereocenters. The van der Waals surface area contributed by atoms with E-state index in [1.807, 2.05) is 72.6 Å². The second-order valence-electron chi connectivity index (χ2n) is 7.52. The van der Waals surface area contributed by atoms with Gasteiger partial charge >= 0.3 is 0 Å². The monoisotopic (exact) mass is 375 g/mol. The van der Waals surface area contributed by atoms with Crippen molar-refractivity contribution in [1.29, 1.82) is 0 Å². The largest absolute Gasteiger partial charge is 0.351 e. The van der Waals surface area contributed by atoms with E-state index >= 15 is 0 Å². The third-order valence-electron chi connectivity index (χ3n) is 5.53. The van der Waals surface area contributed by atoms with E-state index in [-0.39, 0.29) is 17.7 Å². The molecule has 0 unspecified atom stereocenters. The van der Waals surface area contributed by atoms with Crippen molar-refractivity contribution in [3.63, 3.8) is 0 Å². The number of para-hydroxylation sites is 1. The molecule has 1 saturated heterocycles. The maximum Gasteiger partial charge on any atom is 0.270 e. The van der Waals surface area contributed by atoms with E-state index < -0.39 is 0 Å². The van der Waals surface area contributed by atoms with E-state index in [1.165, 1.54) is 0 Å². The Bertz CT molecular complexity index is 939. The van der Waals surface area contributed by atoms with Gasteiger partial charge in [-0.2, -0.15) is 0 Å². The first-order valence-electron chi connectivity index (χ1n) is 9.78. The predicted octanol–water partition coefficient (Wildman–Crippen LogP) is 3.68. The van der Waals surface area contributed by atoms with Gasteiger partial charge in [0.15, 0.2) is 0 Å². The molecule has 2 heterocycles. The minimum absolute atomic E-state index is 0.0134. The number of carbonyl (C=O) groups excluding carboxylic acids is 2. The van der Waals surface area contributed by atoms with Crippen LogP contribution in [0.3, 0.4) is 0 Å². The fraction of sp³-hybridized carbons (Fsp3) is 0.304. The fourth-order valence-corrected chi connectivity index (χ4v) is 3.94. The highest BCUT2D eigenvalue weighted by Gasteiger charge is 2.30. The van der Waals surface area contributed by atoms with Crippen LogP contribution in [0, 0.1) is 5.92 Å². The maximum atomic E-state index is 12.8. The normalized spacial score (nSPS) is 15.0. The van der Waals surface area contributed by atoms with Crippen molar-refractivity contribution in [2.75, 3.05) is 20.1 Å². The fourth-order valence-electron chi connectivity index (χ4n) is 3.94. The summed E-state index contributed by atoms with van der Waals surface area (Å²) in [7, 11) is 1.86. The number of rotatable bonds is 4. The third-order valence-corrected chi connectivity index (χ3v) is 5.53. The summed E-state index contributed by atoms with van der Waals surface area (Å²) in [5, 5.41) is 1.04. The summed E-state index contributed by atoms with van der Waals surface area (Å²) in [6.45, 7) is 1.85. The summed E-state index contributed by atoms with van der Waals surface area (Å²) in [5.41, 5.74) is 2.72. The van der Waals surface area contributed by atoms with Crippen LogP contribution in [0.15, 0.2) is 60.7 Å². The SMILES string of the molecule is CN(Cc1ccccc1)C(=O)C1CCN(C(=O)c2cc3ccccc3[nH]2)CC1. The van der Waals surface area contributed by atoms with Crippen molar-refractivity contribution in [1.82, 2.24) is 14.8 Å². The van der Waals surface area contributed by atoms with E-state index in [0.717, 1.165) is 16.5 Å². The van der Waals surface area contributed by atoms with Crippen LogP contribution < -0.4 is 0 Å². The number of nitrogens with zero attached hydrogens (tertiary/aromatic N) is 2. The minimum atomic E-state index is -0.0134. The van der Waals surface area contributed by atoms with Crippen LogP contribution in [0.25, 0.3) is 10.9 Å². The van der Waals surface area contributed by atoms with Gasteiger partial charge in [-0.05, 0) is 30.5 Å². The molecule has 1 aliphatic heterocycles. The molecule has 144 valence electrons. The van der Waals surface area contributed by atoms with Crippen LogP contribution in [0.2, 0.25) is 0 Å². The first kappa shape index (κ1) is 18.3. The Morgan fingerprint density at radius 1 is 1.04 bits per heavy atom. The van der Waals surface area contributed by atoms with Crippen LogP contribution in [0.5, 0.6) is 0 Å². The highest BCUT2D eigenvalue weighted by molar-refractivity contribution is 5.98. The van der Waals surface area contributed by atoms with E-state index in [4.69, 9.17) is 0 Å².